The first-order chi connectivity index (χ1) is 15.6. The summed E-state index contributed by atoms with van der Waals surface area (Å²) in [4.78, 5) is 3.97. The second-order valence-corrected chi connectivity index (χ2v) is 8.95. The Morgan fingerprint density at radius 2 is 1.82 bits per heavy atom. The minimum atomic E-state index is -4.73. The van der Waals surface area contributed by atoms with Gasteiger partial charge < -0.3 is 0 Å². The van der Waals surface area contributed by atoms with Crippen LogP contribution in [0.3, 0.4) is 0 Å². The van der Waals surface area contributed by atoms with Crippen LogP contribution in [0.2, 0.25) is 0 Å². The van der Waals surface area contributed by atoms with E-state index in [2.05, 4.69) is 11.1 Å². The predicted octanol–water partition coefficient (Wildman–Crippen LogP) is 4.09. The van der Waals surface area contributed by atoms with Crippen molar-refractivity contribution in [2.75, 3.05) is 0 Å². The summed E-state index contributed by atoms with van der Waals surface area (Å²) < 4.78 is 66.4. The number of nitrogens with one attached hydrogen (secondary N) is 1. The van der Waals surface area contributed by atoms with Gasteiger partial charge in [-0.25, -0.2) is 13.4 Å². The Hall–Kier alpha value is -3.93. The van der Waals surface area contributed by atoms with E-state index in [9.17, 15) is 32.1 Å². The second kappa shape index (κ2) is 7.89. The van der Waals surface area contributed by atoms with Gasteiger partial charge in [0.2, 0.25) is 10.0 Å². The predicted molar refractivity (Wildman–Crippen MR) is 114 cm³/mol. The van der Waals surface area contributed by atoms with Gasteiger partial charge in [0.25, 0.3) is 0 Å². The lowest BCUT2D eigenvalue weighted by molar-refractivity contribution is -0.147. The van der Waals surface area contributed by atoms with E-state index in [-0.39, 0.29) is 16.0 Å². The maximum absolute atomic E-state index is 12.8. The molecule has 2 aromatic heterocycles. The Kier molecular flexibility index (Phi) is 5.32. The minimum Gasteiger partial charge on any atom is -0.293 e. The summed E-state index contributed by atoms with van der Waals surface area (Å²) in [6.45, 7) is 0.714. The summed E-state index contributed by atoms with van der Waals surface area (Å²) in [5.41, 5.74) is 2.54. The molecular formula is C22H14F3N5O2S. The summed E-state index contributed by atoms with van der Waals surface area (Å²) in [6, 6.07) is 8.55. The Labute approximate surface area is 186 Å². The molecule has 0 amide bonds. The Bertz CT molecular complexity index is 1520. The highest BCUT2D eigenvalue weighted by atomic mass is 32.2. The number of halogens is 3. The average Bonchev–Trinajstić information content (AvgIpc) is 3.04. The number of rotatable bonds is 5. The van der Waals surface area contributed by atoms with Crippen molar-refractivity contribution >= 4 is 26.8 Å². The SMILES string of the molecule is C[C@H](NS(=O)(=O)c1ccc(-c2c(C#N)c3cc(C#N)cnc3n2C2=CC=C2)cc1)C(F)(F)F. The van der Waals surface area contributed by atoms with Crippen molar-refractivity contribution in [3.8, 4) is 23.4 Å². The molecule has 1 atom stereocenters. The van der Waals surface area contributed by atoms with Crippen LogP contribution < -0.4 is 4.72 Å². The van der Waals surface area contributed by atoms with E-state index in [0.717, 1.165) is 5.70 Å². The monoisotopic (exact) mass is 469 g/mol. The number of benzene rings is 1. The molecule has 0 fully saturated rings. The van der Waals surface area contributed by atoms with Crippen LogP contribution in [0.15, 0.2) is 59.7 Å². The van der Waals surface area contributed by atoms with Crippen molar-refractivity contribution in [2.24, 2.45) is 0 Å². The minimum absolute atomic E-state index is 0.232. The Morgan fingerprint density at radius 1 is 1.15 bits per heavy atom. The number of hydrogen-bond donors (Lipinski definition) is 1. The zero-order valence-electron chi connectivity index (χ0n) is 16.9. The van der Waals surface area contributed by atoms with Gasteiger partial charge in [-0.05, 0) is 37.3 Å². The molecule has 2 heterocycles. The third-order valence-electron chi connectivity index (χ3n) is 5.10. The van der Waals surface area contributed by atoms with Crippen molar-refractivity contribution in [1.82, 2.24) is 14.3 Å². The quantitative estimate of drug-likeness (QED) is 0.605. The van der Waals surface area contributed by atoms with Crippen molar-refractivity contribution in [3.05, 3.63) is 65.9 Å². The van der Waals surface area contributed by atoms with Crippen LogP contribution in [0.1, 0.15) is 18.1 Å². The zero-order valence-corrected chi connectivity index (χ0v) is 17.7. The molecular weight excluding hydrogens is 455 g/mol. The summed E-state index contributed by atoms with van der Waals surface area (Å²) >= 11 is 0. The number of nitrogens with zero attached hydrogens (tertiary/aromatic N) is 4. The normalized spacial score (nSPS) is 14.3. The fourth-order valence-corrected chi connectivity index (χ4v) is 4.58. The van der Waals surface area contributed by atoms with E-state index in [1.165, 1.54) is 30.5 Å². The van der Waals surface area contributed by atoms with Crippen LogP contribution in [-0.2, 0) is 10.0 Å². The molecule has 1 aromatic carbocycles. The first-order valence-electron chi connectivity index (χ1n) is 9.49. The van der Waals surface area contributed by atoms with Gasteiger partial charge in [-0.1, -0.05) is 18.2 Å². The van der Waals surface area contributed by atoms with Gasteiger partial charge in [0, 0.05) is 22.8 Å². The van der Waals surface area contributed by atoms with Crippen LogP contribution in [0, 0.1) is 22.7 Å². The average molecular weight is 469 g/mol. The van der Waals surface area contributed by atoms with Gasteiger partial charge in [0.05, 0.1) is 21.7 Å². The zero-order chi connectivity index (χ0) is 24.0. The van der Waals surface area contributed by atoms with Crippen molar-refractivity contribution in [1.29, 1.82) is 10.5 Å². The highest BCUT2D eigenvalue weighted by molar-refractivity contribution is 7.89. The van der Waals surface area contributed by atoms with Gasteiger partial charge in [0.15, 0.2) is 0 Å². The fraction of sp³-hybridized carbons (Fsp3) is 0.136. The van der Waals surface area contributed by atoms with Gasteiger partial charge in [0.1, 0.15) is 23.8 Å². The second-order valence-electron chi connectivity index (χ2n) is 7.24. The molecule has 11 heteroatoms. The number of fused-ring (bicyclic) bond motifs is 1. The first-order valence-corrected chi connectivity index (χ1v) is 11.0. The number of sulfonamides is 1. The smallest absolute Gasteiger partial charge is 0.293 e. The van der Waals surface area contributed by atoms with E-state index in [1.54, 1.807) is 33.6 Å². The molecule has 33 heavy (non-hydrogen) atoms. The molecule has 0 saturated carbocycles. The van der Waals surface area contributed by atoms with Crippen LogP contribution in [0.4, 0.5) is 13.2 Å². The first kappa shape index (κ1) is 22.3. The van der Waals surface area contributed by atoms with E-state index < -0.39 is 22.2 Å². The van der Waals surface area contributed by atoms with Crippen LogP contribution in [-0.4, -0.2) is 30.2 Å². The van der Waals surface area contributed by atoms with Crippen molar-refractivity contribution in [3.63, 3.8) is 0 Å². The number of pyridine rings is 1. The van der Waals surface area contributed by atoms with Gasteiger partial charge in [-0.2, -0.15) is 28.4 Å². The molecule has 1 aliphatic carbocycles. The maximum atomic E-state index is 12.8. The molecule has 1 N–H and O–H groups in total. The molecule has 4 rings (SSSR count). The number of nitriles is 2. The standard InChI is InChI=1S/C22H14F3N5O2S/c1-13(22(23,24)25)29-33(31,32)17-7-5-15(6-8-17)20-19(11-27)18-9-14(10-26)12-28-21(18)30(20)16-3-2-4-16/h2-9,12-13,29H,1H3/t13-/m0/s1. The summed E-state index contributed by atoms with van der Waals surface area (Å²) in [5, 5.41) is 19.5. The third kappa shape index (κ3) is 3.89. The summed E-state index contributed by atoms with van der Waals surface area (Å²) in [5.74, 6) is 0. The highest BCUT2D eigenvalue weighted by Gasteiger charge is 2.38. The van der Waals surface area contributed by atoms with Crippen LogP contribution in [0.25, 0.3) is 28.0 Å². The number of aromatic nitrogens is 2. The third-order valence-corrected chi connectivity index (χ3v) is 6.66. The Morgan fingerprint density at radius 3 is 2.33 bits per heavy atom. The van der Waals surface area contributed by atoms with Crippen LogP contribution >= 0.6 is 0 Å². The molecule has 0 bridgehead atoms. The number of allylic oxidation sites excluding steroid dienone is 4. The lowest BCUT2D eigenvalue weighted by Crippen LogP contribution is -2.42. The molecule has 0 radical (unpaired) electrons. The fourth-order valence-electron chi connectivity index (χ4n) is 3.36. The van der Waals surface area contributed by atoms with Crippen molar-refractivity contribution in [2.45, 2.75) is 24.0 Å². The molecule has 1 aliphatic rings. The van der Waals surface area contributed by atoms with E-state index in [0.29, 0.717) is 29.2 Å². The largest absolute Gasteiger partial charge is 0.404 e. The molecule has 3 aromatic rings. The number of alkyl halides is 3. The topological polar surface area (TPSA) is 112 Å². The molecule has 0 saturated heterocycles. The molecule has 7 nitrogen and oxygen atoms in total. The van der Waals surface area contributed by atoms with Gasteiger partial charge >= 0.3 is 6.18 Å². The Balaban J connectivity index is 1.83. The van der Waals surface area contributed by atoms with E-state index in [1.807, 2.05) is 6.07 Å². The summed E-state index contributed by atoms with van der Waals surface area (Å²) in [6.07, 6.45) is 2.05. The highest BCUT2D eigenvalue weighted by Crippen LogP contribution is 2.37. The van der Waals surface area contributed by atoms with Crippen LogP contribution in [0.5, 0.6) is 0 Å². The lowest BCUT2D eigenvalue weighted by Gasteiger charge is -2.18. The van der Waals surface area contributed by atoms with Gasteiger partial charge in [-0.15, -0.1) is 0 Å². The van der Waals surface area contributed by atoms with Gasteiger partial charge in [-0.3, -0.25) is 4.57 Å². The maximum Gasteiger partial charge on any atom is 0.404 e. The summed E-state index contributed by atoms with van der Waals surface area (Å²) in [7, 11) is -4.42. The lowest BCUT2D eigenvalue weighted by atomic mass is 10.1. The number of hydrogen-bond acceptors (Lipinski definition) is 5. The van der Waals surface area contributed by atoms with E-state index in [4.69, 9.17) is 0 Å². The molecule has 0 aliphatic heterocycles. The molecule has 166 valence electrons. The van der Waals surface area contributed by atoms with Crippen molar-refractivity contribution < 1.29 is 21.6 Å². The molecule has 0 spiro atoms. The van der Waals surface area contributed by atoms with E-state index >= 15 is 0 Å². The molecule has 0 unspecified atom stereocenters.